The maximum Gasteiger partial charge on any atom is 0.256 e. The quantitative estimate of drug-likeness (QED) is 0.334. The first-order valence-corrected chi connectivity index (χ1v) is 9.46. The molecule has 4 rings (SSSR count). The number of nitrogen functional groups attached to an aromatic ring is 1. The Hall–Kier alpha value is -4.81. The van der Waals surface area contributed by atoms with Gasteiger partial charge in [0, 0.05) is 0 Å². The van der Waals surface area contributed by atoms with E-state index >= 15 is 0 Å². The minimum Gasteiger partial charge on any atom is -0.457 e. The highest BCUT2D eigenvalue weighted by Crippen LogP contribution is 2.34. The van der Waals surface area contributed by atoms with Gasteiger partial charge in [-0.25, -0.2) is 9.53 Å². The lowest BCUT2D eigenvalue weighted by Crippen LogP contribution is -2.01. The van der Waals surface area contributed by atoms with Gasteiger partial charge >= 0.3 is 0 Å². The SMILES string of the molecule is [C-]#[N+]c1c(C(C#N)=Cc2ccc(Oc3ccccc3)cc2)nn(-c2ccccc2)c1N. The van der Waals surface area contributed by atoms with Crippen LogP contribution in [0.15, 0.2) is 84.9 Å². The van der Waals surface area contributed by atoms with Crippen LogP contribution < -0.4 is 10.5 Å². The summed E-state index contributed by atoms with van der Waals surface area (Å²) >= 11 is 0. The molecule has 0 atom stereocenters. The molecule has 0 aliphatic rings. The molecule has 0 aliphatic carbocycles. The van der Waals surface area contributed by atoms with Gasteiger partial charge in [-0.1, -0.05) is 48.5 Å². The molecular formula is C25H17N5O. The van der Waals surface area contributed by atoms with Gasteiger partial charge in [-0.3, -0.25) is 0 Å². The molecule has 0 spiro atoms. The number of para-hydroxylation sites is 2. The molecule has 0 saturated heterocycles. The highest BCUT2D eigenvalue weighted by atomic mass is 16.5. The molecule has 6 heteroatoms. The Bertz CT molecular complexity index is 1310. The molecule has 0 fully saturated rings. The van der Waals surface area contributed by atoms with E-state index in [0.717, 1.165) is 17.0 Å². The first kappa shape index (κ1) is 19.5. The van der Waals surface area contributed by atoms with Gasteiger partial charge in [0.25, 0.3) is 5.69 Å². The van der Waals surface area contributed by atoms with Crippen LogP contribution in [0.5, 0.6) is 11.5 Å². The average Bonchev–Trinajstić information content (AvgIpc) is 3.15. The van der Waals surface area contributed by atoms with Gasteiger partial charge in [0.05, 0.1) is 17.8 Å². The molecule has 0 saturated carbocycles. The highest BCUT2D eigenvalue weighted by Gasteiger charge is 2.20. The number of ether oxygens (including phenoxy) is 1. The Morgan fingerprint density at radius 3 is 2.19 bits per heavy atom. The number of aromatic nitrogens is 2. The molecule has 31 heavy (non-hydrogen) atoms. The molecule has 6 nitrogen and oxygen atoms in total. The number of nitriles is 1. The maximum atomic E-state index is 9.74. The summed E-state index contributed by atoms with van der Waals surface area (Å²) < 4.78 is 7.27. The van der Waals surface area contributed by atoms with E-state index in [-0.39, 0.29) is 22.8 Å². The van der Waals surface area contributed by atoms with Crippen molar-refractivity contribution in [3.05, 3.63) is 108 Å². The van der Waals surface area contributed by atoms with Crippen LogP contribution in [0.2, 0.25) is 0 Å². The summed E-state index contributed by atoms with van der Waals surface area (Å²) in [5, 5.41) is 14.2. The van der Waals surface area contributed by atoms with Gasteiger partial charge < -0.3 is 10.5 Å². The molecule has 0 aliphatic heterocycles. The Kier molecular flexibility index (Phi) is 5.47. The molecule has 148 valence electrons. The number of benzene rings is 3. The lowest BCUT2D eigenvalue weighted by atomic mass is 10.1. The summed E-state index contributed by atoms with van der Waals surface area (Å²) in [5.74, 6) is 1.62. The smallest absolute Gasteiger partial charge is 0.256 e. The summed E-state index contributed by atoms with van der Waals surface area (Å²) in [4.78, 5) is 3.52. The molecule has 4 aromatic rings. The Morgan fingerprint density at radius 2 is 1.58 bits per heavy atom. The largest absolute Gasteiger partial charge is 0.457 e. The summed E-state index contributed by atoms with van der Waals surface area (Å²) in [5.41, 5.74) is 8.32. The fourth-order valence-corrected chi connectivity index (χ4v) is 3.06. The van der Waals surface area contributed by atoms with Crippen LogP contribution in [0.4, 0.5) is 11.5 Å². The van der Waals surface area contributed by atoms with Crippen LogP contribution in [0.1, 0.15) is 11.3 Å². The van der Waals surface area contributed by atoms with Crippen molar-refractivity contribution >= 4 is 23.2 Å². The van der Waals surface area contributed by atoms with Crippen LogP contribution in [0, 0.1) is 17.9 Å². The van der Waals surface area contributed by atoms with E-state index in [0.29, 0.717) is 5.75 Å². The van der Waals surface area contributed by atoms with Gasteiger partial charge in [-0.15, -0.1) is 0 Å². The van der Waals surface area contributed by atoms with Gasteiger partial charge in [-0.05, 0) is 48.0 Å². The van der Waals surface area contributed by atoms with Crippen molar-refractivity contribution in [3.63, 3.8) is 0 Å². The predicted molar refractivity (Wildman–Crippen MR) is 121 cm³/mol. The van der Waals surface area contributed by atoms with Gasteiger partial charge in [0.15, 0.2) is 0 Å². The summed E-state index contributed by atoms with van der Waals surface area (Å²) in [6, 6.07) is 28.2. The summed E-state index contributed by atoms with van der Waals surface area (Å²) in [6.45, 7) is 7.52. The standard InChI is InChI=1S/C25H17N5O/c1-28-24-23(29-30(25(24)27)20-8-4-2-5-9-20)19(17-26)16-18-12-14-22(15-13-18)31-21-10-6-3-7-11-21/h2-16H,27H2. The Morgan fingerprint density at radius 1 is 0.968 bits per heavy atom. The van der Waals surface area contributed by atoms with Crippen molar-refractivity contribution in [1.29, 1.82) is 5.26 Å². The number of allylic oxidation sites excluding steroid dienone is 1. The monoisotopic (exact) mass is 403 g/mol. The van der Waals surface area contributed by atoms with Crippen LogP contribution in [-0.2, 0) is 0 Å². The van der Waals surface area contributed by atoms with Crippen molar-refractivity contribution in [2.24, 2.45) is 0 Å². The second-order valence-corrected chi connectivity index (χ2v) is 6.60. The van der Waals surface area contributed by atoms with Gasteiger partial charge in [0.2, 0.25) is 0 Å². The maximum absolute atomic E-state index is 9.74. The highest BCUT2D eigenvalue weighted by molar-refractivity contribution is 5.95. The fourth-order valence-electron chi connectivity index (χ4n) is 3.06. The lowest BCUT2D eigenvalue weighted by Gasteiger charge is -2.05. The first-order chi connectivity index (χ1) is 15.2. The number of hydrogen-bond acceptors (Lipinski definition) is 4. The Labute approximate surface area is 179 Å². The number of hydrogen-bond donors (Lipinski definition) is 1. The average molecular weight is 403 g/mol. The van der Waals surface area contributed by atoms with Crippen LogP contribution >= 0.6 is 0 Å². The Balaban J connectivity index is 1.66. The second-order valence-electron chi connectivity index (χ2n) is 6.60. The second kappa shape index (κ2) is 8.69. The molecular weight excluding hydrogens is 386 g/mol. The molecule has 1 aromatic heterocycles. The zero-order chi connectivity index (χ0) is 21.6. The number of nitrogens with zero attached hydrogens (tertiary/aromatic N) is 4. The molecule has 0 unspecified atom stereocenters. The summed E-state index contributed by atoms with van der Waals surface area (Å²) in [6.07, 6.45) is 1.68. The van der Waals surface area contributed by atoms with Crippen molar-refractivity contribution in [1.82, 2.24) is 9.78 Å². The van der Waals surface area contributed by atoms with Crippen molar-refractivity contribution < 1.29 is 4.74 Å². The van der Waals surface area contributed by atoms with E-state index in [1.165, 1.54) is 4.68 Å². The van der Waals surface area contributed by atoms with Gasteiger partial charge in [-0.2, -0.15) is 10.4 Å². The van der Waals surface area contributed by atoms with E-state index < -0.39 is 0 Å². The van der Waals surface area contributed by atoms with E-state index in [1.807, 2.05) is 84.9 Å². The van der Waals surface area contributed by atoms with Crippen LogP contribution in [0.25, 0.3) is 22.2 Å². The predicted octanol–water partition coefficient (Wildman–Crippen LogP) is 5.86. The molecule has 2 N–H and O–H groups in total. The van der Waals surface area contributed by atoms with Crippen LogP contribution in [-0.4, -0.2) is 9.78 Å². The van der Waals surface area contributed by atoms with Crippen molar-refractivity contribution in [2.45, 2.75) is 0 Å². The third-order valence-corrected chi connectivity index (χ3v) is 4.55. The number of nitrogens with two attached hydrogens (primary N) is 1. The lowest BCUT2D eigenvalue weighted by molar-refractivity contribution is 0.482. The van der Waals surface area contributed by atoms with Crippen molar-refractivity contribution in [3.8, 4) is 23.3 Å². The molecule has 3 aromatic carbocycles. The first-order valence-electron chi connectivity index (χ1n) is 9.46. The van der Waals surface area contributed by atoms with E-state index in [4.69, 9.17) is 17.0 Å². The molecule has 1 heterocycles. The molecule has 0 radical (unpaired) electrons. The third-order valence-electron chi connectivity index (χ3n) is 4.55. The van der Waals surface area contributed by atoms with Crippen molar-refractivity contribution in [2.75, 3.05) is 5.73 Å². The fraction of sp³-hybridized carbons (Fsp3) is 0. The van der Waals surface area contributed by atoms with E-state index in [9.17, 15) is 5.26 Å². The van der Waals surface area contributed by atoms with Gasteiger partial charge in [0.1, 0.15) is 29.1 Å². The van der Waals surface area contributed by atoms with Crippen LogP contribution in [0.3, 0.4) is 0 Å². The summed E-state index contributed by atoms with van der Waals surface area (Å²) in [7, 11) is 0. The third kappa shape index (κ3) is 4.14. The van der Waals surface area contributed by atoms with E-state index in [2.05, 4.69) is 16.0 Å². The molecule has 0 amide bonds. The zero-order valence-electron chi connectivity index (χ0n) is 16.4. The van der Waals surface area contributed by atoms with E-state index in [1.54, 1.807) is 6.08 Å². The minimum atomic E-state index is 0.153. The minimum absolute atomic E-state index is 0.153. The zero-order valence-corrected chi connectivity index (χ0v) is 16.4. The number of anilines is 1. The normalized spacial score (nSPS) is 10.8. The molecule has 0 bridgehead atoms. The topological polar surface area (TPSA) is 81.2 Å². The number of rotatable bonds is 5.